The number of benzene rings is 2. The number of carbonyl (C=O) groups excluding carboxylic acids is 4. The Hall–Kier alpha value is -5.66. The third kappa shape index (κ3) is 7.82. The number of alkyl carbamates (subject to hydrolysis) is 2. The van der Waals surface area contributed by atoms with Gasteiger partial charge in [-0.3, -0.25) is 9.59 Å². The first-order valence-corrected chi connectivity index (χ1v) is 18.5. The van der Waals surface area contributed by atoms with Gasteiger partial charge in [0, 0.05) is 23.5 Å². The molecule has 14 nitrogen and oxygen atoms in total. The highest BCUT2D eigenvalue weighted by Crippen LogP contribution is 2.42. The number of nitrogens with one attached hydrogen (secondary N) is 6. The average molecular weight is 739 g/mol. The lowest BCUT2D eigenvalue weighted by molar-refractivity contribution is -0.128. The maximum atomic E-state index is 13.3. The van der Waals surface area contributed by atoms with E-state index in [1.54, 1.807) is 0 Å². The molecule has 14 heteroatoms. The molecule has 0 bridgehead atoms. The van der Waals surface area contributed by atoms with Crippen LogP contribution in [-0.2, 0) is 30.1 Å². The van der Waals surface area contributed by atoms with Crippen molar-refractivity contribution in [1.29, 1.82) is 0 Å². The molecule has 2 aromatic heterocycles. The summed E-state index contributed by atoms with van der Waals surface area (Å²) in [5.41, 5.74) is 4.26. The topological polar surface area (TPSA) is 192 Å². The quantitative estimate of drug-likeness (QED) is 0.0979. The molecule has 4 amide bonds. The van der Waals surface area contributed by atoms with Gasteiger partial charge in [-0.25, -0.2) is 19.6 Å². The smallest absolute Gasteiger partial charge is 0.407 e. The van der Waals surface area contributed by atoms with Gasteiger partial charge in [-0.05, 0) is 61.5 Å². The van der Waals surface area contributed by atoms with Gasteiger partial charge in [0.2, 0.25) is 11.8 Å². The Morgan fingerprint density at radius 2 is 0.926 bits per heavy atom. The predicted octanol–water partition coefficient (Wildman–Crippen LogP) is 5.89. The first kappa shape index (κ1) is 38.1. The van der Waals surface area contributed by atoms with E-state index in [1.807, 2.05) is 64.4 Å². The molecule has 2 heterocycles. The molecule has 0 saturated heterocycles. The number of rotatable bonds is 13. The highest BCUT2D eigenvalue weighted by molar-refractivity contribution is 5.87. The van der Waals surface area contributed by atoms with E-state index in [1.165, 1.54) is 14.2 Å². The summed E-state index contributed by atoms with van der Waals surface area (Å²) in [7, 11) is 2.55. The number of methoxy groups -OCH3 is 2. The summed E-state index contributed by atoms with van der Waals surface area (Å²) in [6, 6.07) is 14.9. The number of amides is 4. The number of hydrogen-bond donors (Lipinski definition) is 6. The summed E-state index contributed by atoms with van der Waals surface area (Å²) in [4.78, 5) is 66.7. The number of H-pyrrole nitrogens is 2. The van der Waals surface area contributed by atoms with E-state index in [0.29, 0.717) is 11.6 Å². The lowest BCUT2D eigenvalue weighted by Gasteiger charge is -2.42. The van der Waals surface area contributed by atoms with Gasteiger partial charge in [0.1, 0.15) is 23.7 Å². The van der Waals surface area contributed by atoms with Gasteiger partial charge in [-0.1, -0.05) is 76.2 Å². The maximum Gasteiger partial charge on any atom is 0.407 e. The third-order valence-electron chi connectivity index (χ3n) is 10.7. The average Bonchev–Trinajstić information content (AvgIpc) is 3.84. The predicted molar refractivity (Wildman–Crippen MR) is 203 cm³/mol. The normalized spacial score (nSPS) is 16.7. The van der Waals surface area contributed by atoms with Crippen LogP contribution in [0, 0.1) is 11.8 Å². The van der Waals surface area contributed by atoms with Crippen LogP contribution in [0.5, 0.6) is 0 Å². The molecule has 286 valence electrons. The molecule has 6 N–H and O–H groups in total. The van der Waals surface area contributed by atoms with E-state index in [4.69, 9.17) is 19.4 Å². The molecular formula is C40H50N8O6. The zero-order valence-electron chi connectivity index (χ0n) is 31.7. The minimum Gasteiger partial charge on any atom is -0.453 e. The third-order valence-corrected chi connectivity index (χ3v) is 10.7. The SMILES string of the molecule is COC(=O)N[C@H](C(=O)NC1(c2nc(-c3ccc(-c4ccc(-c5c[nH]c(C6(NC(=O)[C@@H](NC(=O)OC)C(C)C)CCC6)n5)cc4)cc3)c[nH]2)CCC1)C(C)C. The van der Waals surface area contributed by atoms with Crippen LogP contribution in [0.15, 0.2) is 60.9 Å². The Bertz CT molecular complexity index is 1820. The number of aromatic amines is 2. The highest BCUT2D eigenvalue weighted by atomic mass is 16.5. The molecule has 2 aromatic carbocycles. The summed E-state index contributed by atoms with van der Waals surface area (Å²) >= 11 is 0. The van der Waals surface area contributed by atoms with Gasteiger partial charge in [0.05, 0.1) is 36.7 Å². The largest absolute Gasteiger partial charge is 0.453 e. The molecule has 54 heavy (non-hydrogen) atoms. The van der Waals surface area contributed by atoms with Crippen molar-refractivity contribution in [3.05, 3.63) is 72.6 Å². The summed E-state index contributed by atoms with van der Waals surface area (Å²) < 4.78 is 9.44. The molecule has 0 unspecified atom stereocenters. The molecule has 0 radical (unpaired) electrons. The summed E-state index contributed by atoms with van der Waals surface area (Å²) in [5.74, 6) is 0.589. The number of hydrogen-bond acceptors (Lipinski definition) is 8. The number of carbonyl (C=O) groups is 4. The summed E-state index contributed by atoms with van der Waals surface area (Å²) in [6.45, 7) is 7.50. The number of aromatic nitrogens is 4. The van der Waals surface area contributed by atoms with Crippen LogP contribution < -0.4 is 21.3 Å². The summed E-state index contributed by atoms with van der Waals surface area (Å²) in [6.07, 6.45) is 7.32. The molecule has 4 aromatic rings. The highest BCUT2D eigenvalue weighted by Gasteiger charge is 2.45. The minimum atomic E-state index is -0.733. The molecule has 6 rings (SSSR count). The fourth-order valence-corrected chi connectivity index (χ4v) is 7.07. The molecule has 0 aliphatic heterocycles. The Kier molecular flexibility index (Phi) is 11.1. The van der Waals surface area contributed by atoms with Crippen LogP contribution in [0.1, 0.15) is 77.9 Å². The fraction of sp³-hybridized carbons (Fsp3) is 0.450. The van der Waals surface area contributed by atoms with Gasteiger partial charge in [-0.2, -0.15) is 0 Å². The van der Waals surface area contributed by atoms with Gasteiger partial charge in [-0.15, -0.1) is 0 Å². The lowest BCUT2D eigenvalue weighted by atomic mass is 9.75. The van der Waals surface area contributed by atoms with Crippen LogP contribution in [0.3, 0.4) is 0 Å². The molecule has 2 atom stereocenters. The Balaban J connectivity index is 1.11. The Labute approximate surface area is 315 Å². The second-order valence-corrected chi connectivity index (χ2v) is 15.0. The first-order valence-electron chi connectivity index (χ1n) is 18.5. The molecule has 0 spiro atoms. The van der Waals surface area contributed by atoms with E-state index in [0.717, 1.165) is 72.2 Å². The van der Waals surface area contributed by atoms with E-state index >= 15 is 0 Å². The molecule has 2 saturated carbocycles. The van der Waals surface area contributed by atoms with Crippen molar-refractivity contribution in [3.63, 3.8) is 0 Å². The second kappa shape index (κ2) is 15.7. The van der Waals surface area contributed by atoms with Crippen LogP contribution >= 0.6 is 0 Å². The summed E-state index contributed by atoms with van der Waals surface area (Å²) in [5, 5.41) is 11.6. The molecular weight excluding hydrogens is 688 g/mol. The zero-order valence-corrected chi connectivity index (χ0v) is 31.7. The van der Waals surface area contributed by atoms with Crippen molar-refractivity contribution in [2.24, 2.45) is 11.8 Å². The van der Waals surface area contributed by atoms with E-state index in [-0.39, 0.29) is 23.7 Å². The van der Waals surface area contributed by atoms with Crippen molar-refractivity contribution < 1.29 is 28.7 Å². The van der Waals surface area contributed by atoms with Crippen molar-refractivity contribution in [3.8, 4) is 33.6 Å². The van der Waals surface area contributed by atoms with Crippen LogP contribution in [-0.4, -0.2) is 70.2 Å². The fourth-order valence-electron chi connectivity index (χ4n) is 7.07. The second-order valence-electron chi connectivity index (χ2n) is 15.0. The van der Waals surface area contributed by atoms with Gasteiger partial charge in [0.15, 0.2) is 0 Å². The first-order chi connectivity index (χ1) is 25.9. The lowest BCUT2D eigenvalue weighted by Crippen LogP contribution is -2.58. The van der Waals surface area contributed by atoms with Gasteiger partial charge >= 0.3 is 12.2 Å². The molecule has 2 aliphatic rings. The Morgan fingerprint density at radius 1 is 0.593 bits per heavy atom. The number of nitrogens with zero attached hydrogens (tertiary/aromatic N) is 2. The number of ether oxygens (including phenoxy) is 2. The van der Waals surface area contributed by atoms with E-state index in [2.05, 4.69) is 55.5 Å². The maximum absolute atomic E-state index is 13.3. The molecule has 2 aliphatic carbocycles. The van der Waals surface area contributed by atoms with Crippen molar-refractivity contribution in [2.45, 2.75) is 89.4 Å². The molecule has 2 fully saturated rings. The van der Waals surface area contributed by atoms with Crippen molar-refractivity contribution in [2.75, 3.05) is 14.2 Å². The van der Waals surface area contributed by atoms with Crippen LogP contribution in [0.2, 0.25) is 0 Å². The van der Waals surface area contributed by atoms with E-state index in [9.17, 15) is 19.2 Å². The van der Waals surface area contributed by atoms with E-state index < -0.39 is 35.3 Å². The standard InChI is InChI=1S/C40H50N8O6/c1-23(2)31(45-37(51)53-5)33(49)47-39(17-7-18-39)35-41-21-29(43-35)27-13-9-25(10-14-27)26-11-15-28(16-12-26)30-22-42-36(44-30)40(19-8-20-40)48-34(50)32(24(3)4)46-38(52)54-6/h9-16,21-24,31-32H,7-8,17-20H2,1-6H3,(H,41,43)(H,42,44)(H,45,51)(H,46,52)(H,47,49)(H,48,50)/t31-,32-/m0/s1. The van der Waals surface area contributed by atoms with Crippen molar-refractivity contribution in [1.82, 2.24) is 41.2 Å². The van der Waals surface area contributed by atoms with Gasteiger partial charge in [0.25, 0.3) is 0 Å². The van der Waals surface area contributed by atoms with Crippen LogP contribution in [0.25, 0.3) is 33.6 Å². The van der Waals surface area contributed by atoms with Crippen LogP contribution in [0.4, 0.5) is 9.59 Å². The minimum absolute atomic E-state index is 0.130. The van der Waals surface area contributed by atoms with Crippen molar-refractivity contribution >= 4 is 24.0 Å². The number of imidazole rings is 2. The zero-order chi connectivity index (χ0) is 38.6. The Morgan fingerprint density at radius 3 is 1.20 bits per heavy atom. The van der Waals surface area contributed by atoms with Gasteiger partial charge < -0.3 is 40.7 Å². The monoisotopic (exact) mass is 738 g/mol.